The largest absolute Gasteiger partial charge is 0.350 e. The number of benzene rings is 1. The van der Waals surface area contributed by atoms with Gasteiger partial charge in [-0.05, 0) is 60.3 Å². The number of nitrogens with zero attached hydrogens (tertiary/aromatic N) is 1. The van der Waals surface area contributed by atoms with Gasteiger partial charge in [-0.15, -0.1) is 0 Å². The van der Waals surface area contributed by atoms with Crippen LogP contribution in [0.1, 0.15) is 77.3 Å². The molecule has 1 aromatic rings. The van der Waals surface area contributed by atoms with Crippen molar-refractivity contribution in [3.8, 4) is 0 Å². The predicted molar refractivity (Wildman–Crippen MR) is 122 cm³/mol. The fraction of sp³-hybridized carbons (Fsp3) is 0.640. The van der Waals surface area contributed by atoms with Gasteiger partial charge in [0.2, 0.25) is 11.8 Å². The summed E-state index contributed by atoms with van der Waals surface area (Å²) < 4.78 is 27.9. The Hall–Kier alpha value is -2.51. The number of hydrogen-bond acceptors (Lipinski definition) is 3. The molecule has 8 heteroatoms. The quantitative estimate of drug-likeness (QED) is 0.649. The molecule has 2 atom stereocenters. The molecule has 0 spiro atoms. The van der Waals surface area contributed by atoms with E-state index < -0.39 is 29.1 Å². The average molecular weight is 464 g/mol. The maximum atomic E-state index is 14.2. The molecule has 1 aromatic carbocycles. The molecule has 1 heterocycles. The van der Waals surface area contributed by atoms with Crippen molar-refractivity contribution >= 4 is 17.7 Å². The Morgan fingerprint density at radius 3 is 2.45 bits per heavy atom. The molecule has 1 saturated carbocycles. The third-order valence-electron chi connectivity index (χ3n) is 6.51. The molecule has 0 radical (unpaired) electrons. The van der Waals surface area contributed by atoms with E-state index in [0.717, 1.165) is 11.1 Å². The van der Waals surface area contributed by atoms with Gasteiger partial charge < -0.3 is 15.5 Å². The minimum atomic E-state index is -1.88. The zero-order valence-corrected chi connectivity index (χ0v) is 20.1. The van der Waals surface area contributed by atoms with Crippen molar-refractivity contribution in [1.29, 1.82) is 0 Å². The molecular weight excluding hydrogens is 428 g/mol. The molecule has 2 N–H and O–H groups in total. The van der Waals surface area contributed by atoms with Crippen LogP contribution in [0, 0.1) is 11.2 Å². The summed E-state index contributed by atoms with van der Waals surface area (Å²) in [7, 11) is 0. The number of rotatable bonds is 7. The molecular formula is C25H35F2N3O3. The number of carbonyl (C=O) groups is 3. The molecule has 0 aromatic heterocycles. The number of amides is 3. The van der Waals surface area contributed by atoms with Crippen molar-refractivity contribution in [1.82, 2.24) is 15.5 Å². The van der Waals surface area contributed by atoms with Gasteiger partial charge in [-0.25, -0.2) is 8.78 Å². The van der Waals surface area contributed by atoms with Crippen LogP contribution in [0.2, 0.25) is 0 Å². The molecule has 33 heavy (non-hydrogen) atoms. The van der Waals surface area contributed by atoms with Crippen LogP contribution in [0.25, 0.3) is 0 Å². The van der Waals surface area contributed by atoms with Crippen LogP contribution < -0.4 is 10.6 Å². The molecule has 1 aliphatic carbocycles. The highest BCUT2D eigenvalue weighted by atomic mass is 19.1. The Morgan fingerprint density at radius 1 is 1.21 bits per heavy atom. The highest BCUT2D eigenvalue weighted by molar-refractivity contribution is 5.95. The SMILES string of the molecule is CC(C)c1cc(F)ccc1CNC(=O)C1CCCN1C(=O)C(NC(=O)C1(F)CC1)C(C)(C)C. The van der Waals surface area contributed by atoms with Crippen LogP contribution in [0.3, 0.4) is 0 Å². The number of carbonyl (C=O) groups excluding carboxylic acids is 3. The Kier molecular flexibility index (Phi) is 7.15. The summed E-state index contributed by atoms with van der Waals surface area (Å²) in [6.07, 6.45) is 1.51. The minimum absolute atomic E-state index is 0.0959. The summed E-state index contributed by atoms with van der Waals surface area (Å²) in [5.41, 5.74) is -0.880. The summed E-state index contributed by atoms with van der Waals surface area (Å²) in [5, 5.41) is 5.50. The second-order valence-corrected chi connectivity index (χ2v) is 10.6. The number of hydrogen-bond donors (Lipinski definition) is 2. The third-order valence-corrected chi connectivity index (χ3v) is 6.51. The molecule has 1 aliphatic heterocycles. The zero-order chi connectivity index (χ0) is 24.6. The van der Waals surface area contributed by atoms with E-state index in [0.29, 0.717) is 19.4 Å². The molecule has 3 rings (SSSR count). The molecule has 2 unspecified atom stereocenters. The van der Waals surface area contributed by atoms with Gasteiger partial charge in [-0.1, -0.05) is 40.7 Å². The lowest BCUT2D eigenvalue weighted by Gasteiger charge is -2.35. The lowest BCUT2D eigenvalue weighted by molar-refractivity contribution is -0.144. The molecule has 2 fully saturated rings. The molecule has 6 nitrogen and oxygen atoms in total. The van der Waals surface area contributed by atoms with Crippen LogP contribution in [-0.2, 0) is 20.9 Å². The smallest absolute Gasteiger partial charge is 0.258 e. The third kappa shape index (κ3) is 5.71. The first-order valence-electron chi connectivity index (χ1n) is 11.7. The van der Waals surface area contributed by atoms with Gasteiger partial charge in [-0.3, -0.25) is 14.4 Å². The summed E-state index contributed by atoms with van der Waals surface area (Å²) in [4.78, 5) is 40.3. The predicted octanol–water partition coefficient (Wildman–Crippen LogP) is 3.59. The maximum absolute atomic E-state index is 14.2. The van der Waals surface area contributed by atoms with E-state index in [1.54, 1.807) is 26.8 Å². The summed E-state index contributed by atoms with van der Waals surface area (Å²) in [5.74, 6) is -1.64. The maximum Gasteiger partial charge on any atom is 0.258 e. The standard InChI is InChI=1S/C25H35F2N3O3/c1-15(2)18-13-17(26)9-8-16(18)14-28-21(31)19-7-6-12-30(19)22(32)20(24(3,4)5)29-23(33)25(27)10-11-25/h8-9,13,15,19-20H,6-7,10-12,14H2,1-5H3,(H,28,31)(H,29,33). The zero-order valence-electron chi connectivity index (χ0n) is 20.1. The normalized spacial score (nSPS) is 20.5. The van der Waals surface area contributed by atoms with E-state index in [1.165, 1.54) is 17.0 Å². The van der Waals surface area contributed by atoms with Gasteiger partial charge in [0.05, 0.1) is 0 Å². The first-order chi connectivity index (χ1) is 15.3. The van der Waals surface area contributed by atoms with Crippen LogP contribution in [0.5, 0.6) is 0 Å². The van der Waals surface area contributed by atoms with Crippen molar-refractivity contribution in [3.05, 3.63) is 35.1 Å². The average Bonchev–Trinajstić information content (AvgIpc) is 3.30. The highest BCUT2D eigenvalue weighted by Crippen LogP contribution is 2.40. The second kappa shape index (κ2) is 9.39. The van der Waals surface area contributed by atoms with Crippen LogP contribution in [-0.4, -0.2) is 46.9 Å². The lowest BCUT2D eigenvalue weighted by Crippen LogP contribution is -2.58. The Bertz CT molecular complexity index is 922. The van der Waals surface area contributed by atoms with Gasteiger partial charge in [0.1, 0.15) is 17.9 Å². The summed E-state index contributed by atoms with van der Waals surface area (Å²) in [6, 6.07) is 2.91. The first kappa shape index (κ1) is 25.1. The molecule has 182 valence electrons. The fourth-order valence-electron chi connectivity index (χ4n) is 4.28. The monoisotopic (exact) mass is 463 g/mol. The Labute approximate surface area is 194 Å². The van der Waals surface area contributed by atoms with Crippen molar-refractivity contribution in [3.63, 3.8) is 0 Å². The van der Waals surface area contributed by atoms with Crippen LogP contribution in [0.15, 0.2) is 18.2 Å². The van der Waals surface area contributed by atoms with Gasteiger partial charge in [0, 0.05) is 13.1 Å². The minimum Gasteiger partial charge on any atom is -0.350 e. The number of alkyl halides is 1. The van der Waals surface area contributed by atoms with E-state index in [2.05, 4.69) is 10.6 Å². The number of nitrogens with one attached hydrogen (secondary N) is 2. The van der Waals surface area contributed by atoms with Crippen molar-refractivity contribution < 1.29 is 23.2 Å². The topological polar surface area (TPSA) is 78.5 Å². The van der Waals surface area contributed by atoms with Gasteiger partial charge >= 0.3 is 0 Å². The van der Waals surface area contributed by atoms with Crippen molar-refractivity contribution in [2.75, 3.05) is 6.54 Å². The Balaban J connectivity index is 1.70. The van der Waals surface area contributed by atoms with Gasteiger partial charge in [0.15, 0.2) is 5.67 Å². The number of halogens is 2. The number of likely N-dealkylation sites (tertiary alicyclic amines) is 1. The van der Waals surface area contributed by atoms with Gasteiger partial charge in [-0.2, -0.15) is 0 Å². The molecule has 2 aliphatic rings. The highest BCUT2D eigenvalue weighted by Gasteiger charge is 2.53. The van der Waals surface area contributed by atoms with Crippen molar-refractivity contribution in [2.45, 2.75) is 90.5 Å². The first-order valence-corrected chi connectivity index (χ1v) is 11.7. The van der Waals surface area contributed by atoms with E-state index in [9.17, 15) is 23.2 Å². The van der Waals surface area contributed by atoms with E-state index in [1.807, 2.05) is 13.8 Å². The molecule has 1 saturated heterocycles. The lowest BCUT2D eigenvalue weighted by atomic mass is 9.85. The van der Waals surface area contributed by atoms with E-state index in [-0.39, 0.29) is 42.9 Å². The second-order valence-electron chi connectivity index (χ2n) is 10.6. The van der Waals surface area contributed by atoms with Crippen LogP contribution >= 0.6 is 0 Å². The molecule has 3 amide bonds. The fourth-order valence-corrected chi connectivity index (χ4v) is 4.28. The Morgan fingerprint density at radius 2 is 1.88 bits per heavy atom. The van der Waals surface area contributed by atoms with Crippen molar-refractivity contribution in [2.24, 2.45) is 5.41 Å². The van der Waals surface area contributed by atoms with E-state index in [4.69, 9.17) is 0 Å². The van der Waals surface area contributed by atoms with Crippen LogP contribution in [0.4, 0.5) is 8.78 Å². The van der Waals surface area contributed by atoms with Gasteiger partial charge in [0.25, 0.3) is 5.91 Å². The molecule has 0 bridgehead atoms. The summed E-state index contributed by atoms with van der Waals surface area (Å²) >= 11 is 0. The summed E-state index contributed by atoms with van der Waals surface area (Å²) in [6.45, 7) is 9.97. The van der Waals surface area contributed by atoms with E-state index >= 15 is 0 Å².